The van der Waals surface area contributed by atoms with E-state index in [-0.39, 0.29) is 11.4 Å². The van der Waals surface area contributed by atoms with Gasteiger partial charge in [-0.05, 0) is 91.1 Å². The summed E-state index contributed by atoms with van der Waals surface area (Å²) in [5, 5.41) is 15.0. The minimum Gasteiger partial charge on any atom is -0.481 e. The average molecular weight is 492 g/mol. The van der Waals surface area contributed by atoms with Crippen molar-refractivity contribution in [2.45, 2.75) is 51.0 Å². The SMILES string of the molecule is Cc1c(-c2ccccc2)cc2ccc(Br)cc2c1C(=O)NC12CCC(C(=O)O)(CC1)CC2. The molecule has 0 radical (unpaired) electrons. The Hall–Kier alpha value is -2.66. The summed E-state index contributed by atoms with van der Waals surface area (Å²) in [5.41, 5.74) is 2.92. The summed E-state index contributed by atoms with van der Waals surface area (Å²) in [7, 11) is 0. The maximum absolute atomic E-state index is 13.8. The van der Waals surface area contributed by atoms with Crippen molar-refractivity contribution < 1.29 is 14.7 Å². The monoisotopic (exact) mass is 491 g/mol. The molecule has 3 fully saturated rings. The van der Waals surface area contributed by atoms with E-state index in [4.69, 9.17) is 0 Å². The minimum atomic E-state index is -0.681. The number of halogens is 1. The molecule has 0 saturated heterocycles. The third kappa shape index (κ3) is 3.43. The minimum absolute atomic E-state index is 0.0619. The zero-order valence-electron chi connectivity index (χ0n) is 18.1. The molecule has 5 heteroatoms. The number of carboxylic acids is 1. The summed E-state index contributed by atoms with van der Waals surface area (Å²) < 4.78 is 0.936. The van der Waals surface area contributed by atoms with Gasteiger partial charge in [0.1, 0.15) is 0 Å². The first-order valence-corrected chi connectivity index (χ1v) is 12.0. The van der Waals surface area contributed by atoms with Gasteiger partial charge in [0.2, 0.25) is 0 Å². The number of carbonyl (C=O) groups is 2. The van der Waals surface area contributed by atoms with E-state index in [0.717, 1.165) is 51.2 Å². The van der Waals surface area contributed by atoms with Crippen molar-refractivity contribution >= 4 is 38.6 Å². The first-order valence-electron chi connectivity index (χ1n) is 11.2. The van der Waals surface area contributed by atoms with E-state index in [9.17, 15) is 14.7 Å². The summed E-state index contributed by atoms with van der Waals surface area (Å²) in [4.78, 5) is 25.6. The van der Waals surface area contributed by atoms with Crippen molar-refractivity contribution in [1.29, 1.82) is 0 Å². The highest BCUT2D eigenvalue weighted by molar-refractivity contribution is 9.10. The summed E-state index contributed by atoms with van der Waals surface area (Å²) >= 11 is 3.56. The second-order valence-corrected chi connectivity index (χ2v) is 10.4. The van der Waals surface area contributed by atoms with Crippen LogP contribution in [0.2, 0.25) is 0 Å². The van der Waals surface area contributed by atoms with Gasteiger partial charge in [-0.15, -0.1) is 0 Å². The molecule has 4 nitrogen and oxygen atoms in total. The first-order chi connectivity index (χ1) is 15.3. The molecular weight excluding hydrogens is 466 g/mol. The molecule has 1 amide bonds. The first kappa shape index (κ1) is 21.2. The zero-order chi connectivity index (χ0) is 22.5. The third-order valence-electron chi connectivity index (χ3n) is 7.75. The molecule has 3 aromatic carbocycles. The van der Waals surface area contributed by atoms with Gasteiger partial charge in [0, 0.05) is 10.0 Å². The molecule has 164 valence electrons. The van der Waals surface area contributed by atoms with Crippen LogP contribution in [0, 0.1) is 12.3 Å². The van der Waals surface area contributed by atoms with Crippen molar-refractivity contribution in [2.24, 2.45) is 5.41 Å². The molecule has 3 aliphatic carbocycles. The highest BCUT2D eigenvalue weighted by Crippen LogP contribution is 2.52. The van der Waals surface area contributed by atoms with Crippen LogP contribution >= 0.6 is 15.9 Å². The summed E-state index contributed by atoms with van der Waals surface area (Å²) in [6.45, 7) is 2.02. The molecule has 0 aliphatic heterocycles. The Morgan fingerprint density at radius 2 is 1.59 bits per heavy atom. The van der Waals surface area contributed by atoms with Crippen LogP contribution in [-0.4, -0.2) is 22.5 Å². The van der Waals surface area contributed by atoms with Crippen LogP contribution in [0.1, 0.15) is 54.4 Å². The highest BCUT2D eigenvalue weighted by Gasteiger charge is 2.53. The third-order valence-corrected chi connectivity index (χ3v) is 8.25. The number of fused-ring (bicyclic) bond motifs is 4. The van der Waals surface area contributed by atoms with E-state index < -0.39 is 11.4 Å². The van der Waals surface area contributed by atoms with E-state index in [2.05, 4.69) is 39.4 Å². The normalized spacial score (nSPS) is 24.4. The maximum Gasteiger partial charge on any atom is 0.309 e. The topological polar surface area (TPSA) is 66.4 Å². The molecule has 32 heavy (non-hydrogen) atoms. The Kier molecular flexibility index (Phi) is 5.12. The maximum atomic E-state index is 13.8. The van der Waals surface area contributed by atoms with Crippen LogP contribution in [-0.2, 0) is 4.79 Å². The molecule has 3 saturated carbocycles. The molecule has 0 unspecified atom stereocenters. The highest BCUT2D eigenvalue weighted by atomic mass is 79.9. The summed E-state index contributed by atoms with van der Waals surface area (Å²) in [6, 6.07) is 18.4. The van der Waals surface area contributed by atoms with E-state index in [1.165, 1.54) is 0 Å². The molecule has 3 aliphatic rings. The fourth-order valence-electron chi connectivity index (χ4n) is 5.68. The Labute approximate surface area is 196 Å². The van der Waals surface area contributed by atoms with Crippen LogP contribution in [0.3, 0.4) is 0 Å². The van der Waals surface area contributed by atoms with E-state index in [1.54, 1.807) is 0 Å². The van der Waals surface area contributed by atoms with E-state index in [1.807, 2.05) is 43.3 Å². The second-order valence-electron chi connectivity index (χ2n) is 9.48. The number of carbonyl (C=O) groups excluding carboxylic acids is 1. The number of amides is 1. The molecule has 0 aromatic heterocycles. The number of nitrogens with one attached hydrogen (secondary N) is 1. The lowest BCUT2D eigenvalue weighted by atomic mass is 9.57. The van der Waals surface area contributed by atoms with Gasteiger partial charge in [-0.3, -0.25) is 9.59 Å². The van der Waals surface area contributed by atoms with Gasteiger partial charge in [0.05, 0.1) is 11.0 Å². The predicted octanol–water partition coefficient (Wildman–Crippen LogP) is 6.49. The number of benzene rings is 3. The predicted molar refractivity (Wildman–Crippen MR) is 130 cm³/mol. The Morgan fingerprint density at radius 3 is 2.22 bits per heavy atom. The molecule has 3 aromatic rings. The van der Waals surface area contributed by atoms with Crippen LogP contribution in [0.4, 0.5) is 0 Å². The summed E-state index contributed by atoms with van der Waals surface area (Å²) in [5.74, 6) is -0.743. The molecule has 0 heterocycles. The van der Waals surface area contributed by atoms with Gasteiger partial charge >= 0.3 is 5.97 Å². The number of hydrogen-bond acceptors (Lipinski definition) is 2. The van der Waals surface area contributed by atoms with Gasteiger partial charge in [0.15, 0.2) is 0 Å². The van der Waals surface area contributed by atoms with Crippen molar-refractivity contribution in [2.75, 3.05) is 0 Å². The lowest BCUT2D eigenvalue weighted by Gasteiger charge is -2.51. The average Bonchev–Trinajstić information content (AvgIpc) is 2.80. The van der Waals surface area contributed by atoms with E-state index >= 15 is 0 Å². The number of aliphatic carboxylic acids is 1. The van der Waals surface area contributed by atoms with Gasteiger partial charge < -0.3 is 10.4 Å². The van der Waals surface area contributed by atoms with Gasteiger partial charge in [-0.1, -0.05) is 52.3 Å². The van der Waals surface area contributed by atoms with Gasteiger partial charge in [-0.25, -0.2) is 0 Å². The van der Waals surface area contributed by atoms with E-state index in [0.29, 0.717) is 24.8 Å². The van der Waals surface area contributed by atoms with Crippen molar-refractivity contribution in [3.63, 3.8) is 0 Å². The number of hydrogen-bond donors (Lipinski definition) is 2. The quantitative estimate of drug-likeness (QED) is 0.438. The summed E-state index contributed by atoms with van der Waals surface area (Å²) in [6.07, 6.45) is 4.09. The molecule has 0 spiro atoms. The Balaban J connectivity index is 1.56. The number of carboxylic acid groups (broad SMARTS) is 1. The molecule has 0 atom stereocenters. The lowest BCUT2D eigenvalue weighted by molar-refractivity contribution is -0.156. The standard InChI is InChI=1S/C27H26BrNO3/c1-17-21(18-5-3-2-4-6-18)15-19-7-8-20(28)16-22(19)23(17)24(30)29-27-12-9-26(10-13-27,11-14-27)25(31)32/h2-8,15-16H,9-14H2,1H3,(H,29,30)(H,31,32). The van der Waals surface area contributed by atoms with Crippen LogP contribution in [0.5, 0.6) is 0 Å². The molecule has 2 N–H and O–H groups in total. The largest absolute Gasteiger partial charge is 0.481 e. The van der Waals surface area contributed by atoms with Crippen molar-refractivity contribution in [3.8, 4) is 11.1 Å². The Bertz CT molecular complexity index is 1210. The van der Waals surface area contributed by atoms with Crippen LogP contribution in [0.25, 0.3) is 21.9 Å². The fraction of sp³-hybridized carbons (Fsp3) is 0.333. The number of rotatable bonds is 4. The molecule has 6 rings (SSSR count). The fourth-order valence-corrected chi connectivity index (χ4v) is 6.04. The van der Waals surface area contributed by atoms with Gasteiger partial charge in [-0.2, -0.15) is 0 Å². The lowest BCUT2D eigenvalue weighted by Crippen LogP contribution is -2.58. The molecule has 2 bridgehead atoms. The molecular formula is C27H26BrNO3. The second kappa shape index (κ2) is 7.73. The van der Waals surface area contributed by atoms with Crippen LogP contribution < -0.4 is 5.32 Å². The van der Waals surface area contributed by atoms with Crippen molar-refractivity contribution in [3.05, 3.63) is 70.2 Å². The van der Waals surface area contributed by atoms with Crippen molar-refractivity contribution in [1.82, 2.24) is 5.32 Å². The van der Waals surface area contributed by atoms with Gasteiger partial charge in [0.25, 0.3) is 5.91 Å². The zero-order valence-corrected chi connectivity index (χ0v) is 19.7. The van der Waals surface area contributed by atoms with Crippen LogP contribution in [0.15, 0.2) is 59.1 Å². The smallest absolute Gasteiger partial charge is 0.309 e. The Morgan fingerprint density at radius 1 is 0.938 bits per heavy atom.